The van der Waals surface area contributed by atoms with Crippen LogP contribution in [0.5, 0.6) is 0 Å². The largest absolute Gasteiger partial charge is 0.433 e. The van der Waals surface area contributed by atoms with Crippen molar-refractivity contribution in [1.29, 1.82) is 0 Å². The van der Waals surface area contributed by atoms with Gasteiger partial charge in [0, 0.05) is 38.3 Å². The van der Waals surface area contributed by atoms with E-state index in [-0.39, 0.29) is 0 Å². The molecule has 0 spiro atoms. The summed E-state index contributed by atoms with van der Waals surface area (Å²) in [4.78, 5) is 0. The molecule has 0 fully saturated rings. The van der Waals surface area contributed by atoms with Crippen molar-refractivity contribution < 1.29 is 8.83 Å². The highest BCUT2D eigenvalue weighted by Crippen LogP contribution is 2.38. The molecule has 0 saturated carbocycles. The fourth-order valence-corrected chi connectivity index (χ4v) is 7.96. The maximum atomic E-state index is 5.88. The molecule has 0 unspecified atom stereocenters. The minimum Gasteiger partial charge on any atom is -0.433 e. The second kappa shape index (κ2) is 10.4. The average Bonchev–Trinajstić information content (AvgIpc) is 3.94. The molecule has 0 bridgehead atoms. The van der Waals surface area contributed by atoms with Gasteiger partial charge in [-0.3, -0.25) is 0 Å². The van der Waals surface area contributed by atoms with Gasteiger partial charge in [-0.05, 0) is 95.1 Å². The molecule has 0 aliphatic heterocycles. The fraction of sp³-hybridized carbons (Fsp3) is 0. The molecule has 0 saturated heterocycles. The summed E-state index contributed by atoms with van der Waals surface area (Å²) < 4.78 is 16.2. The lowest BCUT2D eigenvalue weighted by Crippen LogP contribution is -1.96. The number of nitrogens with zero attached hydrogens (tertiary/aromatic N) is 2. The molecule has 0 amide bonds. The monoisotopic (exact) mass is 640 g/mol. The number of hydrogen-bond donors (Lipinski definition) is 0. The molecule has 4 heterocycles. The highest BCUT2D eigenvalue weighted by atomic mass is 16.5. The van der Waals surface area contributed by atoms with Gasteiger partial charge in [0.1, 0.15) is 5.58 Å². The Bertz CT molecular complexity index is 3060. The number of hydrogen-bond acceptors (Lipinski definition) is 2. The molecule has 50 heavy (non-hydrogen) atoms. The number of benzene rings is 7. The smallest absolute Gasteiger partial charge is 0.298 e. The van der Waals surface area contributed by atoms with E-state index in [2.05, 4.69) is 161 Å². The van der Waals surface area contributed by atoms with Crippen molar-refractivity contribution in [3.05, 3.63) is 170 Å². The predicted molar refractivity (Wildman–Crippen MR) is 206 cm³/mol. The van der Waals surface area contributed by atoms with E-state index in [1.165, 1.54) is 54.7 Å². The quantitative estimate of drug-likeness (QED) is 0.192. The second-order valence-corrected chi connectivity index (χ2v) is 13.0. The standard InChI is InChI=1S/C46H28N2O2/c1-4-16-41-35(13-1)36-14-2-5-17-42(36)48(41)34-20-21-44-39(28-34)37-15-3-6-18-43(37)47(44)33-12-8-11-31(26-33)29-9-7-10-30(25-29)32-19-22-45-40(27-32)38-23-24-49-46(38)50-45/h1-28H. The Morgan fingerprint density at radius 2 is 0.900 bits per heavy atom. The third-order valence-electron chi connectivity index (χ3n) is 10.2. The van der Waals surface area contributed by atoms with Gasteiger partial charge in [-0.25, -0.2) is 0 Å². The van der Waals surface area contributed by atoms with Crippen LogP contribution in [0.15, 0.2) is 179 Å². The number of rotatable bonds is 4. The van der Waals surface area contributed by atoms with E-state index < -0.39 is 0 Å². The molecule has 0 N–H and O–H groups in total. The van der Waals surface area contributed by atoms with Crippen LogP contribution in [0.4, 0.5) is 0 Å². The zero-order valence-electron chi connectivity index (χ0n) is 26.9. The van der Waals surface area contributed by atoms with E-state index in [9.17, 15) is 0 Å². The first-order valence-electron chi connectivity index (χ1n) is 16.9. The highest BCUT2D eigenvalue weighted by Gasteiger charge is 2.17. The summed E-state index contributed by atoms with van der Waals surface area (Å²) in [5.41, 5.74) is 12.5. The Labute approximate surface area is 286 Å². The van der Waals surface area contributed by atoms with Gasteiger partial charge in [-0.1, -0.05) is 91.0 Å². The van der Waals surface area contributed by atoms with Gasteiger partial charge < -0.3 is 18.0 Å². The number of fused-ring (bicyclic) bond motifs is 9. The summed E-state index contributed by atoms with van der Waals surface area (Å²) in [6.45, 7) is 0. The molecule has 4 heteroatoms. The van der Waals surface area contributed by atoms with E-state index in [1.54, 1.807) is 6.26 Å². The van der Waals surface area contributed by atoms with Crippen LogP contribution in [0, 0.1) is 0 Å². The summed E-state index contributed by atoms with van der Waals surface area (Å²) >= 11 is 0. The van der Waals surface area contributed by atoms with Crippen LogP contribution in [0.1, 0.15) is 0 Å². The summed E-state index contributed by atoms with van der Waals surface area (Å²) in [6.07, 6.45) is 1.68. The van der Waals surface area contributed by atoms with Gasteiger partial charge in [-0.15, -0.1) is 0 Å². The SMILES string of the molecule is c1cc(-c2cccc(-n3c4ccccc4c4cc(-n5c6ccccc6c6ccccc65)ccc43)c2)cc(-c2ccc3oc4occc4c3c2)c1. The van der Waals surface area contributed by atoms with Crippen molar-refractivity contribution >= 4 is 65.7 Å². The molecule has 7 aromatic carbocycles. The van der Waals surface area contributed by atoms with Crippen molar-refractivity contribution in [2.75, 3.05) is 0 Å². The van der Waals surface area contributed by atoms with E-state index in [4.69, 9.17) is 8.83 Å². The minimum absolute atomic E-state index is 0.565. The van der Waals surface area contributed by atoms with Crippen molar-refractivity contribution in [3.8, 4) is 33.6 Å². The van der Waals surface area contributed by atoms with Gasteiger partial charge in [0.25, 0.3) is 5.78 Å². The third kappa shape index (κ3) is 3.93. The normalized spacial score (nSPS) is 12.0. The van der Waals surface area contributed by atoms with Crippen LogP contribution in [0.3, 0.4) is 0 Å². The summed E-state index contributed by atoms with van der Waals surface area (Å²) in [7, 11) is 0. The second-order valence-electron chi connectivity index (χ2n) is 13.0. The number of para-hydroxylation sites is 3. The fourth-order valence-electron chi connectivity index (χ4n) is 7.96. The summed E-state index contributed by atoms with van der Waals surface area (Å²) in [6, 6.07) is 59.0. The van der Waals surface area contributed by atoms with Crippen molar-refractivity contribution in [1.82, 2.24) is 9.13 Å². The van der Waals surface area contributed by atoms with Gasteiger partial charge in [0.15, 0.2) is 0 Å². The Hall–Kier alpha value is -6.78. The lowest BCUT2D eigenvalue weighted by molar-refractivity contribution is 0.499. The molecule has 11 aromatic rings. The zero-order chi connectivity index (χ0) is 32.8. The van der Waals surface area contributed by atoms with Gasteiger partial charge in [-0.2, -0.15) is 0 Å². The van der Waals surface area contributed by atoms with Gasteiger partial charge in [0.2, 0.25) is 0 Å². The Kier molecular flexibility index (Phi) is 5.63. The Morgan fingerprint density at radius 3 is 1.60 bits per heavy atom. The first-order valence-corrected chi connectivity index (χ1v) is 16.9. The van der Waals surface area contributed by atoms with Crippen molar-refractivity contribution in [2.45, 2.75) is 0 Å². The molecule has 11 rings (SSSR count). The van der Waals surface area contributed by atoms with Crippen LogP contribution >= 0.6 is 0 Å². The van der Waals surface area contributed by atoms with Crippen molar-refractivity contribution in [3.63, 3.8) is 0 Å². The highest BCUT2D eigenvalue weighted by molar-refractivity contribution is 6.12. The third-order valence-corrected chi connectivity index (χ3v) is 10.2. The summed E-state index contributed by atoms with van der Waals surface area (Å²) in [5.74, 6) is 0.565. The van der Waals surface area contributed by atoms with Crippen LogP contribution in [0.25, 0.3) is 99.4 Å². The van der Waals surface area contributed by atoms with Gasteiger partial charge in [0.05, 0.1) is 33.7 Å². The molecular formula is C46H28N2O2. The first-order chi connectivity index (χ1) is 24.8. The topological polar surface area (TPSA) is 36.1 Å². The zero-order valence-corrected chi connectivity index (χ0v) is 26.9. The van der Waals surface area contributed by atoms with Crippen LogP contribution in [0.2, 0.25) is 0 Å². The molecule has 0 aliphatic rings. The molecule has 4 aromatic heterocycles. The Balaban J connectivity index is 1.05. The molecule has 234 valence electrons. The van der Waals surface area contributed by atoms with Crippen LogP contribution in [-0.4, -0.2) is 9.13 Å². The van der Waals surface area contributed by atoms with E-state index in [0.717, 1.165) is 38.9 Å². The van der Waals surface area contributed by atoms with Crippen molar-refractivity contribution in [2.24, 2.45) is 0 Å². The minimum atomic E-state index is 0.565. The Morgan fingerprint density at radius 1 is 0.340 bits per heavy atom. The van der Waals surface area contributed by atoms with E-state index in [0.29, 0.717) is 5.78 Å². The maximum Gasteiger partial charge on any atom is 0.298 e. The molecule has 0 atom stereocenters. The number of furan rings is 2. The van der Waals surface area contributed by atoms with E-state index >= 15 is 0 Å². The van der Waals surface area contributed by atoms with Gasteiger partial charge >= 0.3 is 0 Å². The molecule has 4 nitrogen and oxygen atoms in total. The number of aromatic nitrogens is 2. The first kappa shape index (κ1) is 27.2. The lowest BCUT2D eigenvalue weighted by atomic mass is 9.98. The lowest BCUT2D eigenvalue weighted by Gasteiger charge is -2.12. The average molecular weight is 641 g/mol. The summed E-state index contributed by atoms with van der Waals surface area (Å²) in [5, 5.41) is 7.06. The van der Waals surface area contributed by atoms with E-state index in [1.807, 2.05) is 12.1 Å². The molecule has 0 aliphatic carbocycles. The predicted octanol–water partition coefficient (Wildman–Crippen LogP) is 12.7. The van der Waals surface area contributed by atoms with Crippen LogP contribution < -0.4 is 0 Å². The molecular weight excluding hydrogens is 613 g/mol. The maximum absolute atomic E-state index is 5.88. The van der Waals surface area contributed by atoms with Crippen LogP contribution in [-0.2, 0) is 0 Å². The molecule has 0 radical (unpaired) electrons.